The third-order valence-corrected chi connectivity index (χ3v) is 3.81. The van der Waals surface area contributed by atoms with Crippen LogP contribution in [0.3, 0.4) is 0 Å². The number of nitrogens with zero attached hydrogens (tertiary/aromatic N) is 1. The first-order chi connectivity index (χ1) is 8.08. The molecule has 2 rings (SSSR count). The van der Waals surface area contributed by atoms with Crippen molar-refractivity contribution >= 4 is 0 Å². The fraction of sp³-hybridized carbons (Fsp3) is 0.600. The zero-order valence-corrected chi connectivity index (χ0v) is 11.1. The van der Waals surface area contributed by atoms with E-state index >= 15 is 0 Å². The summed E-state index contributed by atoms with van der Waals surface area (Å²) < 4.78 is 0. The van der Waals surface area contributed by atoms with Gasteiger partial charge in [0.2, 0.25) is 0 Å². The molecule has 2 unspecified atom stereocenters. The molecule has 1 aliphatic carbocycles. The van der Waals surface area contributed by atoms with Gasteiger partial charge < -0.3 is 10.0 Å². The summed E-state index contributed by atoms with van der Waals surface area (Å²) in [5.41, 5.74) is 2.26. The predicted molar refractivity (Wildman–Crippen MR) is 71.0 cm³/mol. The van der Waals surface area contributed by atoms with Gasteiger partial charge in [-0.1, -0.05) is 29.8 Å². The van der Waals surface area contributed by atoms with Crippen molar-refractivity contribution in [2.45, 2.75) is 38.8 Å². The summed E-state index contributed by atoms with van der Waals surface area (Å²) in [4.78, 5) is 2.28. The number of rotatable bonds is 5. The average Bonchev–Trinajstić information content (AvgIpc) is 3.12. The first-order valence-corrected chi connectivity index (χ1v) is 6.53. The molecule has 1 aromatic rings. The molecular formula is C15H23NO. The molecule has 2 heteroatoms. The molecule has 17 heavy (non-hydrogen) atoms. The van der Waals surface area contributed by atoms with Crippen molar-refractivity contribution in [1.29, 1.82) is 0 Å². The van der Waals surface area contributed by atoms with Crippen LogP contribution < -0.4 is 0 Å². The van der Waals surface area contributed by atoms with Crippen molar-refractivity contribution in [2.75, 3.05) is 13.6 Å². The highest BCUT2D eigenvalue weighted by Gasteiger charge is 2.27. The number of aliphatic hydroxyl groups is 1. The number of benzene rings is 1. The quantitative estimate of drug-likeness (QED) is 0.845. The summed E-state index contributed by atoms with van der Waals surface area (Å²) in [6.45, 7) is 5.29. The Morgan fingerprint density at radius 2 is 1.88 bits per heavy atom. The van der Waals surface area contributed by atoms with E-state index in [1.807, 2.05) is 12.1 Å². The van der Waals surface area contributed by atoms with Crippen molar-refractivity contribution in [1.82, 2.24) is 4.90 Å². The molecule has 0 aromatic heterocycles. The molecule has 0 heterocycles. The van der Waals surface area contributed by atoms with Gasteiger partial charge in [-0.15, -0.1) is 0 Å². The second-order valence-corrected chi connectivity index (χ2v) is 5.48. The largest absolute Gasteiger partial charge is 0.387 e. The van der Waals surface area contributed by atoms with E-state index in [0.29, 0.717) is 0 Å². The highest BCUT2D eigenvalue weighted by atomic mass is 16.3. The van der Waals surface area contributed by atoms with Crippen LogP contribution in [0.1, 0.15) is 37.0 Å². The Bertz CT molecular complexity index is 356. The summed E-state index contributed by atoms with van der Waals surface area (Å²) >= 11 is 0. The summed E-state index contributed by atoms with van der Waals surface area (Å²) in [5.74, 6) is 0.868. The van der Waals surface area contributed by atoms with Gasteiger partial charge >= 0.3 is 0 Å². The van der Waals surface area contributed by atoms with Gasteiger partial charge in [0.15, 0.2) is 0 Å². The Hall–Kier alpha value is -0.860. The molecule has 0 bridgehead atoms. The number of aryl methyl sites for hydroxylation is 1. The summed E-state index contributed by atoms with van der Waals surface area (Å²) in [6.07, 6.45) is 2.33. The van der Waals surface area contributed by atoms with Crippen molar-refractivity contribution in [3.8, 4) is 0 Å². The van der Waals surface area contributed by atoms with Crippen molar-refractivity contribution < 1.29 is 5.11 Å². The second-order valence-electron chi connectivity index (χ2n) is 5.48. The molecule has 1 aliphatic rings. The first-order valence-electron chi connectivity index (χ1n) is 6.53. The summed E-state index contributed by atoms with van der Waals surface area (Å²) in [5, 5.41) is 10.3. The van der Waals surface area contributed by atoms with Gasteiger partial charge in [0.1, 0.15) is 0 Å². The fourth-order valence-corrected chi connectivity index (χ4v) is 2.16. The smallest absolute Gasteiger partial charge is 0.0942 e. The third kappa shape index (κ3) is 3.30. The molecule has 1 N–H and O–H groups in total. The van der Waals surface area contributed by atoms with Gasteiger partial charge in [-0.25, -0.2) is 0 Å². The lowest BCUT2D eigenvalue weighted by Crippen LogP contribution is -2.35. The predicted octanol–water partition coefficient (Wildman–Crippen LogP) is 2.76. The maximum absolute atomic E-state index is 10.3. The number of hydrogen-bond acceptors (Lipinski definition) is 2. The Morgan fingerprint density at radius 3 is 2.41 bits per heavy atom. The molecule has 0 saturated heterocycles. The fourth-order valence-electron chi connectivity index (χ4n) is 2.16. The highest BCUT2D eigenvalue weighted by Crippen LogP contribution is 2.31. The van der Waals surface area contributed by atoms with Crippen molar-refractivity contribution in [3.63, 3.8) is 0 Å². The van der Waals surface area contributed by atoms with Crippen LogP contribution in [0.5, 0.6) is 0 Å². The molecule has 1 fully saturated rings. The Balaban J connectivity index is 1.97. The van der Waals surface area contributed by atoms with Gasteiger partial charge in [0.05, 0.1) is 6.10 Å². The van der Waals surface area contributed by atoms with Crippen LogP contribution >= 0.6 is 0 Å². The molecule has 0 aliphatic heterocycles. The molecule has 94 valence electrons. The van der Waals surface area contributed by atoms with Crippen LogP contribution in [0.4, 0.5) is 0 Å². The van der Waals surface area contributed by atoms with E-state index < -0.39 is 0 Å². The van der Waals surface area contributed by atoms with E-state index in [1.54, 1.807) is 0 Å². The minimum absolute atomic E-state index is 0.179. The minimum atomic E-state index is -0.389. The first kappa shape index (κ1) is 12.6. The van der Waals surface area contributed by atoms with Gasteiger partial charge in [-0.2, -0.15) is 0 Å². The molecule has 1 aromatic carbocycles. The lowest BCUT2D eigenvalue weighted by molar-refractivity contribution is 0.0703. The van der Waals surface area contributed by atoms with Crippen LogP contribution in [0.25, 0.3) is 0 Å². The van der Waals surface area contributed by atoms with Crippen LogP contribution in [-0.4, -0.2) is 29.6 Å². The zero-order valence-electron chi connectivity index (χ0n) is 11.1. The van der Waals surface area contributed by atoms with Gasteiger partial charge in [0, 0.05) is 12.6 Å². The van der Waals surface area contributed by atoms with E-state index in [2.05, 4.69) is 37.9 Å². The topological polar surface area (TPSA) is 23.5 Å². The maximum Gasteiger partial charge on any atom is 0.0942 e. The number of aliphatic hydroxyl groups excluding tert-OH is 1. The molecule has 0 amide bonds. The monoisotopic (exact) mass is 233 g/mol. The molecule has 0 radical (unpaired) electrons. The van der Waals surface area contributed by atoms with Gasteiger partial charge in [0.25, 0.3) is 0 Å². The SMILES string of the molecule is Cc1ccc(C(O)C(C)N(C)CC2CC2)cc1. The third-order valence-electron chi connectivity index (χ3n) is 3.81. The van der Waals surface area contributed by atoms with Crippen LogP contribution in [0.2, 0.25) is 0 Å². The standard InChI is InChI=1S/C15H23NO/c1-11-4-8-14(9-5-11)15(17)12(2)16(3)10-13-6-7-13/h4-5,8-9,12-13,15,17H,6-7,10H2,1-3H3. The second kappa shape index (κ2) is 5.19. The van der Waals surface area contributed by atoms with Crippen molar-refractivity contribution in [3.05, 3.63) is 35.4 Å². The Labute approximate surface area is 104 Å². The molecular weight excluding hydrogens is 210 g/mol. The average molecular weight is 233 g/mol. The van der Waals surface area contributed by atoms with E-state index in [1.165, 1.54) is 18.4 Å². The van der Waals surface area contributed by atoms with E-state index in [0.717, 1.165) is 18.0 Å². The molecule has 0 spiro atoms. The number of likely N-dealkylation sites (N-methyl/N-ethyl adjacent to an activating group) is 1. The molecule has 1 saturated carbocycles. The van der Waals surface area contributed by atoms with Crippen LogP contribution in [0, 0.1) is 12.8 Å². The highest BCUT2D eigenvalue weighted by molar-refractivity contribution is 5.23. The number of hydrogen-bond donors (Lipinski definition) is 1. The molecule has 2 nitrogen and oxygen atoms in total. The van der Waals surface area contributed by atoms with Crippen molar-refractivity contribution in [2.24, 2.45) is 5.92 Å². The van der Waals surface area contributed by atoms with Crippen LogP contribution in [0.15, 0.2) is 24.3 Å². The lowest BCUT2D eigenvalue weighted by Gasteiger charge is -2.29. The Morgan fingerprint density at radius 1 is 1.29 bits per heavy atom. The maximum atomic E-state index is 10.3. The van der Waals surface area contributed by atoms with Gasteiger partial charge in [-0.3, -0.25) is 0 Å². The van der Waals surface area contributed by atoms with E-state index in [9.17, 15) is 5.11 Å². The minimum Gasteiger partial charge on any atom is -0.387 e. The zero-order chi connectivity index (χ0) is 12.4. The molecule has 2 atom stereocenters. The Kier molecular flexibility index (Phi) is 3.85. The van der Waals surface area contributed by atoms with Crippen LogP contribution in [-0.2, 0) is 0 Å². The summed E-state index contributed by atoms with van der Waals surface area (Å²) in [6, 6.07) is 8.36. The normalized spacial score (nSPS) is 19.4. The summed E-state index contributed by atoms with van der Waals surface area (Å²) in [7, 11) is 2.11. The van der Waals surface area contributed by atoms with E-state index in [-0.39, 0.29) is 12.1 Å². The van der Waals surface area contributed by atoms with E-state index in [4.69, 9.17) is 0 Å². The lowest BCUT2D eigenvalue weighted by atomic mass is 10.0. The van der Waals surface area contributed by atoms with Gasteiger partial charge in [-0.05, 0) is 45.2 Å².